The van der Waals surface area contributed by atoms with E-state index in [4.69, 9.17) is 18.9 Å². The molecule has 3 aromatic rings. The summed E-state index contributed by atoms with van der Waals surface area (Å²) in [5.41, 5.74) is 4.39. The summed E-state index contributed by atoms with van der Waals surface area (Å²) in [5, 5.41) is 0. The molecule has 0 saturated carbocycles. The van der Waals surface area contributed by atoms with Crippen molar-refractivity contribution in [2.24, 2.45) is 0 Å². The largest absolute Gasteiger partial charge is 0.485 e. The Kier molecular flexibility index (Phi) is 6.59. The summed E-state index contributed by atoms with van der Waals surface area (Å²) < 4.78 is 21.6. The average molecular weight is 450 g/mol. The number of hydrogen-bond acceptors (Lipinski definition) is 9. The van der Waals surface area contributed by atoms with Gasteiger partial charge in [0.15, 0.2) is 18.1 Å². The second kappa shape index (κ2) is 10.1. The number of nitrogens with one attached hydrogen (secondary N) is 2. The number of fused-ring (bicyclic) bond motifs is 1. The molecule has 0 aliphatic carbocycles. The van der Waals surface area contributed by atoms with Gasteiger partial charge in [-0.05, 0) is 36.4 Å². The molecule has 1 aliphatic rings. The molecule has 1 aliphatic heterocycles. The van der Waals surface area contributed by atoms with Crippen LogP contribution in [0.3, 0.4) is 0 Å². The predicted octanol–water partition coefficient (Wildman–Crippen LogP) is 1.41. The summed E-state index contributed by atoms with van der Waals surface area (Å²) >= 11 is 0. The smallest absolute Gasteiger partial charge is 0.344 e. The van der Waals surface area contributed by atoms with Crippen molar-refractivity contribution in [3.05, 3.63) is 72.7 Å². The minimum Gasteiger partial charge on any atom is -0.485 e. The Morgan fingerprint density at radius 3 is 2.64 bits per heavy atom. The van der Waals surface area contributed by atoms with Crippen LogP contribution in [-0.2, 0) is 14.3 Å². The lowest BCUT2D eigenvalue weighted by Gasteiger charge is -2.25. The van der Waals surface area contributed by atoms with Crippen LogP contribution in [0, 0.1) is 0 Å². The average Bonchev–Trinajstić information content (AvgIpc) is 2.86. The Bertz CT molecular complexity index is 1160. The van der Waals surface area contributed by atoms with E-state index in [1.54, 1.807) is 42.6 Å². The Hall–Kier alpha value is -4.67. The maximum atomic E-state index is 12.4. The molecule has 0 saturated heterocycles. The highest BCUT2D eigenvalue weighted by molar-refractivity contribution is 5.93. The van der Waals surface area contributed by atoms with Crippen molar-refractivity contribution in [3.8, 4) is 23.1 Å². The quantitative estimate of drug-likeness (QED) is 0.422. The molecule has 0 fully saturated rings. The van der Waals surface area contributed by atoms with Gasteiger partial charge in [0.1, 0.15) is 17.9 Å². The fraction of sp³-hybridized carbons (Fsp3) is 0.136. The highest BCUT2D eigenvalue weighted by Gasteiger charge is 2.27. The summed E-state index contributed by atoms with van der Waals surface area (Å²) in [6.07, 6.45) is 3.52. The van der Waals surface area contributed by atoms with Crippen molar-refractivity contribution in [2.75, 3.05) is 13.2 Å². The maximum absolute atomic E-state index is 12.4. The fourth-order valence-corrected chi connectivity index (χ4v) is 2.75. The molecule has 0 bridgehead atoms. The number of para-hydroxylation sites is 2. The number of carbonyl (C=O) groups is 3. The van der Waals surface area contributed by atoms with E-state index in [0.29, 0.717) is 17.2 Å². The molecule has 1 unspecified atom stereocenters. The van der Waals surface area contributed by atoms with Crippen molar-refractivity contribution in [2.45, 2.75) is 6.10 Å². The van der Waals surface area contributed by atoms with E-state index in [-0.39, 0.29) is 18.1 Å². The first-order chi connectivity index (χ1) is 16.1. The number of pyridine rings is 2. The van der Waals surface area contributed by atoms with Gasteiger partial charge < -0.3 is 18.9 Å². The van der Waals surface area contributed by atoms with Crippen LogP contribution in [0.25, 0.3) is 0 Å². The van der Waals surface area contributed by atoms with Gasteiger partial charge in [-0.1, -0.05) is 12.1 Å². The number of carbonyl (C=O) groups excluding carboxylic acids is 3. The monoisotopic (exact) mass is 450 g/mol. The number of ether oxygens (including phenoxy) is 4. The third kappa shape index (κ3) is 5.53. The van der Waals surface area contributed by atoms with Gasteiger partial charge in [-0.15, -0.1) is 0 Å². The van der Waals surface area contributed by atoms with E-state index in [1.807, 2.05) is 0 Å². The van der Waals surface area contributed by atoms with E-state index in [9.17, 15) is 14.4 Å². The number of hydrogen-bond donors (Lipinski definition) is 2. The summed E-state index contributed by atoms with van der Waals surface area (Å²) in [6.45, 7) is -0.667. The zero-order valence-electron chi connectivity index (χ0n) is 17.1. The minimum absolute atomic E-state index is 0.000982. The first kappa shape index (κ1) is 21.6. The van der Waals surface area contributed by atoms with Crippen molar-refractivity contribution in [1.29, 1.82) is 0 Å². The Labute approximate surface area is 187 Å². The van der Waals surface area contributed by atoms with Gasteiger partial charge in [-0.25, -0.2) is 9.78 Å². The van der Waals surface area contributed by atoms with Crippen LogP contribution in [0.1, 0.15) is 10.4 Å². The lowest BCUT2D eigenvalue weighted by atomic mass is 10.2. The SMILES string of the molecule is O=C(COC(=O)c1cccnc1Oc1cccnc1)NNC(=O)C1COc2ccccc2O1. The van der Waals surface area contributed by atoms with Crippen molar-refractivity contribution >= 4 is 17.8 Å². The van der Waals surface area contributed by atoms with Gasteiger partial charge in [0.2, 0.25) is 12.0 Å². The molecule has 0 radical (unpaired) electrons. The number of esters is 1. The lowest BCUT2D eigenvalue weighted by molar-refractivity contribution is -0.135. The van der Waals surface area contributed by atoms with Crippen LogP contribution in [0.15, 0.2) is 67.1 Å². The van der Waals surface area contributed by atoms with E-state index < -0.39 is 30.5 Å². The van der Waals surface area contributed by atoms with Crippen LogP contribution in [-0.4, -0.2) is 47.1 Å². The summed E-state index contributed by atoms with van der Waals surface area (Å²) in [4.78, 5) is 44.6. The fourth-order valence-electron chi connectivity index (χ4n) is 2.75. The predicted molar refractivity (Wildman–Crippen MR) is 111 cm³/mol. The molecule has 11 heteroatoms. The van der Waals surface area contributed by atoms with Crippen LogP contribution < -0.4 is 25.1 Å². The molecule has 0 spiro atoms. The molecule has 168 valence electrons. The zero-order chi connectivity index (χ0) is 23.0. The van der Waals surface area contributed by atoms with Crippen molar-refractivity contribution in [1.82, 2.24) is 20.8 Å². The highest BCUT2D eigenvalue weighted by Crippen LogP contribution is 2.30. The molecule has 11 nitrogen and oxygen atoms in total. The van der Waals surface area contributed by atoms with E-state index in [2.05, 4.69) is 20.8 Å². The molecular weight excluding hydrogens is 432 g/mol. The first-order valence-corrected chi connectivity index (χ1v) is 9.77. The van der Waals surface area contributed by atoms with Gasteiger partial charge in [0.05, 0.1) is 6.20 Å². The number of rotatable bonds is 6. The normalized spacial score (nSPS) is 14.0. The summed E-state index contributed by atoms with van der Waals surface area (Å²) in [5.74, 6) is -0.883. The summed E-state index contributed by atoms with van der Waals surface area (Å²) in [7, 11) is 0. The van der Waals surface area contributed by atoms with Crippen LogP contribution in [0.4, 0.5) is 0 Å². The van der Waals surface area contributed by atoms with Crippen molar-refractivity contribution < 1.29 is 33.3 Å². The van der Waals surface area contributed by atoms with Crippen molar-refractivity contribution in [3.63, 3.8) is 0 Å². The molecule has 1 atom stereocenters. The minimum atomic E-state index is -0.953. The molecule has 3 heterocycles. The molecule has 2 aromatic heterocycles. The highest BCUT2D eigenvalue weighted by atomic mass is 16.6. The molecule has 2 N–H and O–H groups in total. The van der Waals surface area contributed by atoms with E-state index in [0.717, 1.165) is 0 Å². The molecular formula is C22H18N4O7. The molecule has 4 rings (SSSR count). The third-order valence-electron chi connectivity index (χ3n) is 4.30. The van der Waals surface area contributed by atoms with Crippen LogP contribution >= 0.6 is 0 Å². The van der Waals surface area contributed by atoms with Crippen LogP contribution in [0.2, 0.25) is 0 Å². The van der Waals surface area contributed by atoms with Gasteiger partial charge in [-0.2, -0.15) is 0 Å². The second-order valence-corrected chi connectivity index (χ2v) is 6.62. The topological polar surface area (TPSA) is 138 Å². The molecule has 1 aromatic carbocycles. The van der Waals surface area contributed by atoms with Gasteiger partial charge in [0, 0.05) is 12.4 Å². The van der Waals surface area contributed by atoms with Crippen LogP contribution in [0.5, 0.6) is 23.1 Å². The standard InChI is InChI=1S/C22H18N4O7/c27-19(25-26-20(28)18-12-30-16-7-1-2-8-17(16)33-18)13-31-22(29)15-6-4-10-24-21(15)32-14-5-3-9-23-11-14/h1-11,18H,12-13H2,(H,25,27)(H,26,28). The number of benzene rings is 1. The number of aromatic nitrogens is 2. The molecule has 33 heavy (non-hydrogen) atoms. The molecule has 2 amide bonds. The lowest BCUT2D eigenvalue weighted by Crippen LogP contribution is -2.51. The number of nitrogens with zero attached hydrogens (tertiary/aromatic N) is 2. The Morgan fingerprint density at radius 2 is 1.82 bits per heavy atom. The Balaban J connectivity index is 1.26. The van der Waals surface area contributed by atoms with E-state index in [1.165, 1.54) is 24.5 Å². The summed E-state index contributed by atoms with van der Waals surface area (Å²) in [6, 6.07) is 13.2. The third-order valence-corrected chi connectivity index (χ3v) is 4.30. The number of amides is 2. The van der Waals surface area contributed by atoms with Gasteiger partial charge in [0.25, 0.3) is 11.8 Å². The first-order valence-electron chi connectivity index (χ1n) is 9.77. The van der Waals surface area contributed by atoms with Gasteiger partial charge >= 0.3 is 5.97 Å². The van der Waals surface area contributed by atoms with Gasteiger partial charge in [-0.3, -0.25) is 25.4 Å². The van der Waals surface area contributed by atoms with E-state index >= 15 is 0 Å². The second-order valence-electron chi connectivity index (χ2n) is 6.62. The number of hydrazine groups is 1. The Morgan fingerprint density at radius 1 is 1.00 bits per heavy atom. The maximum Gasteiger partial charge on any atom is 0.344 e. The zero-order valence-corrected chi connectivity index (χ0v) is 17.1.